The minimum Gasteiger partial charge on any atom is -0.349 e. The average molecular weight is 413 g/mol. The smallest absolute Gasteiger partial charge is 0.235 e. The van der Waals surface area contributed by atoms with Crippen LogP contribution in [0.4, 0.5) is 11.6 Å². The van der Waals surface area contributed by atoms with Crippen LogP contribution in [0, 0.1) is 6.92 Å². The van der Waals surface area contributed by atoms with Gasteiger partial charge in [-0.05, 0) is 67.1 Å². The number of anilines is 1. The largest absolute Gasteiger partial charge is 0.349 e. The van der Waals surface area contributed by atoms with Gasteiger partial charge in [-0.15, -0.1) is 0 Å². The number of rotatable bonds is 7. The Labute approximate surface area is 179 Å². The third kappa shape index (κ3) is 4.31. The number of nitrogens with one attached hydrogen (secondary N) is 1. The minimum absolute atomic E-state index is 0.593. The lowest BCUT2D eigenvalue weighted by Gasteiger charge is -2.05. The van der Waals surface area contributed by atoms with Crippen LogP contribution in [-0.2, 0) is 6.54 Å². The van der Waals surface area contributed by atoms with E-state index in [2.05, 4.69) is 49.0 Å². The molecule has 0 saturated carbocycles. The summed E-state index contributed by atoms with van der Waals surface area (Å²) in [6.45, 7) is 9.98. The average Bonchev–Trinajstić information content (AvgIpc) is 3.26. The molecule has 0 atom stereocenters. The molecular weight excluding hydrogens is 392 g/mol. The molecular formula is C23H20N6S. The van der Waals surface area contributed by atoms with Crippen LogP contribution >= 0.6 is 11.5 Å². The lowest BCUT2D eigenvalue weighted by Crippen LogP contribution is -2.01. The zero-order valence-electron chi connectivity index (χ0n) is 16.5. The molecule has 0 unspecified atom stereocenters. The Bertz CT molecular complexity index is 1200. The number of hydrogen-bond acceptors (Lipinski definition) is 7. The topological polar surface area (TPSA) is 76.0 Å². The summed E-state index contributed by atoms with van der Waals surface area (Å²) in [5.41, 5.74) is 6.70. The summed E-state index contributed by atoms with van der Waals surface area (Å²) in [7, 11) is 0. The molecule has 0 spiro atoms. The fourth-order valence-corrected chi connectivity index (χ4v) is 3.63. The molecule has 148 valence electrons. The second kappa shape index (κ2) is 8.75. The van der Waals surface area contributed by atoms with Crippen LogP contribution in [0.1, 0.15) is 16.8 Å². The summed E-state index contributed by atoms with van der Waals surface area (Å²) in [6.07, 6.45) is 5.42. The van der Waals surface area contributed by atoms with E-state index in [1.807, 2.05) is 49.5 Å². The Balaban J connectivity index is 1.43. The minimum atomic E-state index is 0.593. The first-order valence-corrected chi connectivity index (χ1v) is 10.1. The SMILES string of the molecule is C=Cc1cc(-c2nc(NCc3ccc(-c4ccnc(C)c4)nc3)ns2)ccc1N=C. The monoisotopic (exact) mass is 412 g/mol. The molecule has 1 aromatic carbocycles. The summed E-state index contributed by atoms with van der Waals surface area (Å²) >= 11 is 1.35. The van der Waals surface area contributed by atoms with Crippen LogP contribution in [0.3, 0.4) is 0 Å². The molecule has 1 N–H and O–H groups in total. The van der Waals surface area contributed by atoms with Gasteiger partial charge < -0.3 is 5.32 Å². The first-order chi connectivity index (χ1) is 14.7. The number of nitrogens with zero attached hydrogens (tertiary/aromatic N) is 5. The summed E-state index contributed by atoms with van der Waals surface area (Å²) < 4.78 is 4.41. The predicted octanol–water partition coefficient (Wildman–Crippen LogP) is 5.56. The highest BCUT2D eigenvalue weighted by Crippen LogP contribution is 2.29. The van der Waals surface area contributed by atoms with Crippen LogP contribution < -0.4 is 5.32 Å². The van der Waals surface area contributed by atoms with Crippen molar-refractivity contribution in [3.05, 3.63) is 78.3 Å². The van der Waals surface area contributed by atoms with Gasteiger partial charge in [-0.1, -0.05) is 18.7 Å². The van der Waals surface area contributed by atoms with Gasteiger partial charge >= 0.3 is 0 Å². The van der Waals surface area contributed by atoms with E-state index in [0.717, 1.165) is 44.3 Å². The lowest BCUT2D eigenvalue weighted by atomic mass is 10.1. The van der Waals surface area contributed by atoms with Gasteiger partial charge in [0.2, 0.25) is 5.95 Å². The predicted molar refractivity (Wildman–Crippen MR) is 124 cm³/mol. The number of hydrogen-bond donors (Lipinski definition) is 1. The van der Waals surface area contributed by atoms with Crippen molar-refractivity contribution in [3.8, 4) is 21.8 Å². The normalized spacial score (nSPS) is 10.6. The molecule has 0 radical (unpaired) electrons. The molecule has 7 heteroatoms. The van der Waals surface area contributed by atoms with E-state index in [4.69, 9.17) is 0 Å². The second-order valence-electron chi connectivity index (χ2n) is 6.65. The Morgan fingerprint density at radius 3 is 2.73 bits per heavy atom. The molecule has 0 fully saturated rings. The van der Waals surface area contributed by atoms with Crippen LogP contribution in [0.25, 0.3) is 27.9 Å². The Kier molecular flexibility index (Phi) is 5.72. The van der Waals surface area contributed by atoms with E-state index in [1.54, 1.807) is 12.3 Å². The molecule has 3 aromatic heterocycles. The summed E-state index contributed by atoms with van der Waals surface area (Å²) in [5, 5.41) is 4.09. The Morgan fingerprint density at radius 2 is 2.00 bits per heavy atom. The molecule has 0 aliphatic rings. The van der Waals surface area contributed by atoms with Crippen LogP contribution in [0.15, 0.2) is 66.4 Å². The van der Waals surface area contributed by atoms with Gasteiger partial charge in [0.15, 0.2) is 0 Å². The van der Waals surface area contributed by atoms with Crippen LogP contribution in [0.2, 0.25) is 0 Å². The molecule has 0 amide bonds. The van der Waals surface area contributed by atoms with E-state index >= 15 is 0 Å². The molecule has 0 bridgehead atoms. The van der Waals surface area contributed by atoms with Crippen molar-refractivity contribution in [2.75, 3.05) is 5.32 Å². The van der Waals surface area contributed by atoms with Gasteiger partial charge in [0, 0.05) is 41.3 Å². The van der Waals surface area contributed by atoms with Crippen molar-refractivity contribution in [2.24, 2.45) is 4.99 Å². The zero-order chi connectivity index (χ0) is 20.9. The molecule has 0 saturated heterocycles. The lowest BCUT2D eigenvalue weighted by molar-refractivity contribution is 1.08. The third-order valence-corrected chi connectivity index (χ3v) is 5.32. The van der Waals surface area contributed by atoms with Crippen LogP contribution in [0.5, 0.6) is 0 Å². The highest BCUT2D eigenvalue weighted by Gasteiger charge is 2.09. The highest BCUT2D eigenvalue weighted by molar-refractivity contribution is 7.09. The number of aryl methyl sites for hydroxylation is 1. The molecule has 0 aliphatic carbocycles. The summed E-state index contributed by atoms with van der Waals surface area (Å²) in [5.74, 6) is 0.593. The number of aliphatic imine (C=N–C) groups is 1. The van der Waals surface area contributed by atoms with Crippen molar-refractivity contribution in [1.29, 1.82) is 0 Å². The fraction of sp³-hybridized carbons (Fsp3) is 0.0870. The van der Waals surface area contributed by atoms with Crippen molar-refractivity contribution < 1.29 is 0 Å². The Hall–Kier alpha value is -3.71. The van der Waals surface area contributed by atoms with Gasteiger partial charge in [0.05, 0.1) is 11.4 Å². The van der Waals surface area contributed by atoms with Gasteiger partial charge in [-0.25, -0.2) is 0 Å². The number of pyridine rings is 2. The van der Waals surface area contributed by atoms with Crippen molar-refractivity contribution >= 4 is 36.0 Å². The molecule has 30 heavy (non-hydrogen) atoms. The molecule has 6 nitrogen and oxygen atoms in total. The van der Waals surface area contributed by atoms with Gasteiger partial charge in [-0.2, -0.15) is 9.36 Å². The molecule has 4 aromatic rings. The van der Waals surface area contributed by atoms with E-state index in [9.17, 15) is 0 Å². The standard InChI is InChI=1S/C23H20N6S/c1-4-17-12-19(6-8-20(17)24-3)22-28-23(29-30-22)27-14-16-5-7-21(26-13-16)18-9-10-25-15(2)11-18/h4-13H,1,3,14H2,2H3,(H,27,29). The summed E-state index contributed by atoms with van der Waals surface area (Å²) in [4.78, 5) is 17.4. The quantitative estimate of drug-likeness (QED) is 0.402. The first-order valence-electron chi connectivity index (χ1n) is 9.35. The molecule has 3 heterocycles. The molecule has 4 rings (SSSR count). The maximum absolute atomic E-state index is 4.59. The van der Waals surface area contributed by atoms with E-state index in [-0.39, 0.29) is 0 Å². The van der Waals surface area contributed by atoms with Crippen molar-refractivity contribution in [1.82, 2.24) is 19.3 Å². The number of aromatic nitrogens is 4. The highest BCUT2D eigenvalue weighted by atomic mass is 32.1. The fourth-order valence-electron chi connectivity index (χ4n) is 2.99. The number of benzene rings is 1. The van der Waals surface area contributed by atoms with Crippen LogP contribution in [-0.4, -0.2) is 26.0 Å². The van der Waals surface area contributed by atoms with Gasteiger partial charge in [-0.3, -0.25) is 15.0 Å². The van der Waals surface area contributed by atoms with Gasteiger partial charge in [0.1, 0.15) is 5.01 Å². The van der Waals surface area contributed by atoms with Crippen molar-refractivity contribution in [3.63, 3.8) is 0 Å². The third-order valence-electron chi connectivity index (χ3n) is 4.56. The van der Waals surface area contributed by atoms with E-state index in [0.29, 0.717) is 12.5 Å². The van der Waals surface area contributed by atoms with E-state index in [1.165, 1.54) is 11.5 Å². The summed E-state index contributed by atoms with van der Waals surface area (Å²) in [6, 6.07) is 13.9. The second-order valence-corrected chi connectivity index (χ2v) is 7.40. The zero-order valence-corrected chi connectivity index (χ0v) is 17.4. The first kappa shape index (κ1) is 19.6. The molecule has 0 aliphatic heterocycles. The Morgan fingerprint density at radius 1 is 1.10 bits per heavy atom. The van der Waals surface area contributed by atoms with Crippen molar-refractivity contribution in [2.45, 2.75) is 13.5 Å². The van der Waals surface area contributed by atoms with Gasteiger partial charge in [0.25, 0.3) is 0 Å². The maximum Gasteiger partial charge on any atom is 0.235 e. The van der Waals surface area contributed by atoms with E-state index < -0.39 is 0 Å². The maximum atomic E-state index is 4.59.